The number of oxazole rings is 1. The first kappa shape index (κ1) is 29.4. The lowest BCUT2D eigenvalue weighted by Gasteiger charge is -2.28. The van der Waals surface area contributed by atoms with Gasteiger partial charge in [-0.25, -0.2) is 9.78 Å². The molecule has 2 aliphatic heterocycles. The maximum atomic E-state index is 12.9. The van der Waals surface area contributed by atoms with Crippen LogP contribution in [0.4, 0.5) is 16.2 Å². The van der Waals surface area contributed by atoms with Gasteiger partial charge in [0.15, 0.2) is 5.76 Å². The molecule has 0 spiro atoms. The minimum absolute atomic E-state index is 0.0258. The summed E-state index contributed by atoms with van der Waals surface area (Å²) in [6.45, 7) is 7.74. The fraction of sp³-hybridized carbons (Fsp3) is 0.312. The Morgan fingerprint density at radius 1 is 1.00 bits per heavy atom. The van der Waals surface area contributed by atoms with Crippen LogP contribution in [0.2, 0.25) is 0 Å². The highest BCUT2D eigenvalue weighted by Gasteiger charge is 2.33. The van der Waals surface area contributed by atoms with Gasteiger partial charge in [0.1, 0.15) is 11.6 Å². The van der Waals surface area contributed by atoms with Gasteiger partial charge >= 0.3 is 6.09 Å². The topological polar surface area (TPSA) is 137 Å². The van der Waals surface area contributed by atoms with Crippen LogP contribution in [0.1, 0.15) is 40.5 Å². The van der Waals surface area contributed by atoms with Gasteiger partial charge in [-0.05, 0) is 82.1 Å². The van der Waals surface area contributed by atoms with Crippen LogP contribution in [0.15, 0.2) is 82.9 Å². The Morgan fingerprint density at radius 3 is 2.30 bits per heavy atom. The number of hydrogen-bond acceptors (Lipinski definition) is 8. The van der Waals surface area contributed by atoms with Crippen molar-refractivity contribution in [3.63, 3.8) is 0 Å². The predicted molar refractivity (Wildman–Crippen MR) is 162 cm³/mol. The van der Waals surface area contributed by atoms with Crippen molar-refractivity contribution in [3.8, 4) is 22.8 Å². The minimum atomic E-state index is -0.760. The third-order valence-electron chi connectivity index (χ3n) is 6.96. The summed E-state index contributed by atoms with van der Waals surface area (Å²) in [5.41, 5.74) is 2.70. The molecule has 224 valence electrons. The molecule has 1 atom stereocenters. The Labute approximate surface area is 249 Å². The third-order valence-corrected chi connectivity index (χ3v) is 6.96. The van der Waals surface area contributed by atoms with Gasteiger partial charge in [0.2, 0.25) is 17.7 Å². The largest absolute Gasteiger partial charge is 0.493 e. The first-order chi connectivity index (χ1) is 20.5. The number of carbonyl (C=O) groups excluding carboxylic acids is 3. The SMILES string of the molecule is CC(=O)N1CCC/C1=C(\O)Nc1ccc(-c2cnc(-c3ccc(NC(=O)[C@@H]4C=CCN4C(=O)OC(C)(C)C)cc3)o2)cc1. The first-order valence-corrected chi connectivity index (χ1v) is 14.1. The summed E-state index contributed by atoms with van der Waals surface area (Å²) in [7, 11) is 0. The minimum Gasteiger partial charge on any atom is -0.493 e. The number of carbonyl (C=O) groups is 3. The molecule has 5 rings (SSSR count). The zero-order chi connectivity index (χ0) is 30.7. The molecule has 43 heavy (non-hydrogen) atoms. The van der Waals surface area contributed by atoms with Crippen molar-refractivity contribution >= 4 is 29.3 Å². The van der Waals surface area contributed by atoms with E-state index in [0.717, 1.165) is 17.5 Å². The Bertz CT molecular complexity index is 1570. The van der Waals surface area contributed by atoms with Crippen molar-refractivity contribution in [1.82, 2.24) is 14.8 Å². The average molecular weight is 586 g/mol. The highest BCUT2D eigenvalue weighted by atomic mass is 16.6. The zero-order valence-corrected chi connectivity index (χ0v) is 24.6. The Morgan fingerprint density at radius 2 is 1.65 bits per heavy atom. The summed E-state index contributed by atoms with van der Waals surface area (Å²) in [5.74, 6) is 0.521. The molecule has 0 aliphatic carbocycles. The van der Waals surface area contributed by atoms with Crippen LogP contribution in [-0.4, -0.2) is 62.5 Å². The number of aromatic nitrogens is 1. The van der Waals surface area contributed by atoms with Crippen molar-refractivity contribution in [2.24, 2.45) is 0 Å². The monoisotopic (exact) mass is 585 g/mol. The van der Waals surface area contributed by atoms with E-state index in [2.05, 4.69) is 15.6 Å². The maximum Gasteiger partial charge on any atom is 0.411 e. The van der Waals surface area contributed by atoms with E-state index >= 15 is 0 Å². The van der Waals surface area contributed by atoms with Crippen molar-refractivity contribution in [3.05, 3.63) is 78.5 Å². The quantitative estimate of drug-likeness (QED) is 0.240. The molecule has 3 N–H and O–H groups in total. The van der Waals surface area contributed by atoms with Crippen LogP contribution >= 0.6 is 0 Å². The van der Waals surface area contributed by atoms with Gasteiger partial charge in [-0.3, -0.25) is 14.5 Å². The highest BCUT2D eigenvalue weighted by molar-refractivity contribution is 5.98. The molecule has 0 saturated carbocycles. The molecular weight excluding hydrogens is 550 g/mol. The number of nitrogens with one attached hydrogen (secondary N) is 2. The van der Waals surface area contributed by atoms with Gasteiger partial charge in [-0.1, -0.05) is 12.2 Å². The zero-order valence-electron chi connectivity index (χ0n) is 24.6. The van der Waals surface area contributed by atoms with E-state index in [0.29, 0.717) is 48.2 Å². The first-order valence-electron chi connectivity index (χ1n) is 14.1. The van der Waals surface area contributed by atoms with Crippen molar-refractivity contribution < 1.29 is 28.6 Å². The van der Waals surface area contributed by atoms with E-state index < -0.39 is 17.7 Å². The van der Waals surface area contributed by atoms with Crippen LogP contribution in [0, 0.1) is 0 Å². The predicted octanol–water partition coefficient (Wildman–Crippen LogP) is 5.90. The molecule has 2 aromatic carbocycles. The van der Waals surface area contributed by atoms with Crippen LogP contribution in [0.25, 0.3) is 22.8 Å². The Balaban J connectivity index is 1.20. The molecule has 0 bridgehead atoms. The normalized spacial score (nSPS) is 17.6. The number of aliphatic hydroxyl groups is 1. The molecule has 3 heterocycles. The number of amides is 3. The summed E-state index contributed by atoms with van der Waals surface area (Å²) in [6.07, 6.45) is 5.99. The van der Waals surface area contributed by atoms with Crippen LogP contribution in [0.3, 0.4) is 0 Å². The molecule has 1 saturated heterocycles. The second-order valence-corrected chi connectivity index (χ2v) is 11.4. The lowest BCUT2D eigenvalue weighted by atomic mass is 10.1. The van der Waals surface area contributed by atoms with E-state index in [1.54, 1.807) is 68.3 Å². The summed E-state index contributed by atoms with van der Waals surface area (Å²) in [6, 6.07) is 13.6. The number of benzene rings is 2. The number of allylic oxidation sites excluding steroid dienone is 1. The third kappa shape index (κ3) is 6.88. The number of nitrogens with zero attached hydrogens (tertiary/aromatic N) is 3. The maximum absolute atomic E-state index is 12.9. The molecular formula is C32H35N5O6. The molecule has 1 aromatic heterocycles. The lowest BCUT2D eigenvalue weighted by molar-refractivity contribution is -0.126. The van der Waals surface area contributed by atoms with Crippen molar-refractivity contribution in [2.45, 2.75) is 52.2 Å². The van der Waals surface area contributed by atoms with Crippen molar-refractivity contribution in [2.75, 3.05) is 23.7 Å². The fourth-order valence-electron chi connectivity index (χ4n) is 4.91. The molecule has 3 amide bonds. The number of anilines is 2. The molecule has 0 radical (unpaired) electrons. The van der Waals surface area contributed by atoms with E-state index in [1.165, 1.54) is 11.8 Å². The van der Waals surface area contributed by atoms with E-state index in [1.807, 2.05) is 24.3 Å². The molecule has 11 nitrogen and oxygen atoms in total. The Kier molecular flexibility index (Phi) is 8.24. The van der Waals surface area contributed by atoms with Crippen LogP contribution in [-0.2, 0) is 14.3 Å². The van der Waals surface area contributed by atoms with Crippen LogP contribution in [0.5, 0.6) is 0 Å². The van der Waals surface area contributed by atoms with Gasteiger partial charge in [-0.2, -0.15) is 0 Å². The van der Waals surface area contributed by atoms with E-state index in [4.69, 9.17) is 9.15 Å². The van der Waals surface area contributed by atoms with Gasteiger partial charge < -0.3 is 29.8 Å². The number of hydrogen-bond donors (Lipinski definition) is 3. The van der Waals surface area contributed by atoms with E-state index in [-0.39, 0.29) is 17.7 Å². The number of aliphatic hydroxyl groups excluding tert-OH is 1. The number of likely N-dealkylation sites (tertiary alicyclic amines) is 1. The van der Waals surface area contributed by atoms with Gasteiger partial charge in [0.25, 0.3) is 5.91 Å². The molecule has 2 aliphatic rings. The highest BCUT2D eigenvalue weighted by Crippen LogP contribution is 2.29. The summed E-state index contributed by atoms with van der Waals surface area (Å²) in [5, 5.41) is 16.3. The van der Waals surface area contributed by atoms with Crippen LogP contribution < -0.4 is 10.6 Å². The Hall–Kier alpha value is -5.06. The standard InChI is InChI=1S/C32H35N5O6/c1-20(38)36-17-5-7-25(36)28(39)34-23-13-9-21(10-14-23)27-19-33-30(42-27)22-11-15-24(16-12-22)35-29(40)26-8-6-18-37(26)31(41)43-32(2,3)4/h6,8-16,19,26,34,39H,5,7,17-18H2,1-4H3,(H,35,40)/b28-25+/t26-/m0/s1. The fourth-order valence-corrected chi connectivity index (χ4v) is 4.91. The summed E-state index contributed by atoms with van der Waals surface area (Å²) < 4.78 is 11.4. The smallest absolute Gasteiger partial charge is 0.411 e. The van der Waals surface area contributed by atoms with Crippen molar-refractivity contribution in [1.29, 1.82) is 0 Å². The number of rotatable bonds is 6. The second-order valence-electron chi connectivity index (χ2n) is 11.4. The molecule has 1 fully saturated rings. The summed E-state index contributed by atoms with van der Waals surface area (Å²) >= 11 is 0. The number of ether oxygens (including phenoxy) is 1. The molecule has 3 aromatic rings. The second kappa shape index (κ2) is 12.0. The van der Waals surface area contributed by atoms with E-state index in [9.17, 15) is 19.5 Å². The van der Waals surface area contributed by atoms with Gasteiger partial charge in [-0.15, -0.1) is 0 Å². The molecule has 0 unspecified atom stereocenters. The summed E-state index contributed by atoms with van der Waals surface area (Å²) in [4.78, 5) is 44.6. The molecule has 11 heteroatoms. The van der Waals surface area contributed by atoms with Gasteiger partial charge in [0, 0.05) is 42.5 Å². The lowest BCUT2D eigenvalue weighted by Crippen LogP contribution is -2.45. The average Bonchev–Trinajstić information content (AvgIpc) is 3.74. The van der Waals surface area contributed by atoms with Gasteiger partial charge in [0.05, 0.1) is 11.9 Å².